The predicted octanol–water partition coefficient (Wildman–Crippen LogP) is 1.54. The van der Waals surface area contributed by atoms with Crippen LogP contribution < -0.4 is 0 Å². The van der Waals surface area contributed by atoms with Crippen LogP contribution in [0.1, 0.15) is 6.92 Å². The summed E-state index contributed by atoms with van der Waals surface area (Å²) in [6, 6.07) is 0. The van der Waals surface area contributed by atoms with Gasteiger partial charge in [-0.15, -0.1) is 0 Å². The van der Waals surface area contributed by atoms with E-state index in [2.05, 4.69) is 0 Å². The van der Waals surface area contributed by atoms with Crippen LogP contribution in [0.2, 0.25) is 0 Å². The van der Waals surface area contributed by atoms with Gasteiger partial charge in [-0.2, -0.15) is 0 Å². The van der Waals surface area contributed by atoms with Crippen molar-refractivity contribution in [1.29, 1.82) is 0 Å². The van der Waals surface area contributed by atoms with Crippen molar-refractivity contribution in [3.63, 3.8) is 0 Å². The van der Waals surface area contributed by atoms with Crippen molar-refractivity contribution in [1.82, 2.24) is 0 Å². The molecule has 0 unspecified atom stereocenters. The van der Waals surface area contributed by atoms with E-state index in [4.69, 9.17) is 4.52 Å². The van der Waals surface area contributed by atoms with E-state index in [1.54, 1.807) is 0 Å². The molecule has 0 fully saturated rings. The summed E-state index contributed by atoms with van der Waals surface area (Å²) in [5.41, 5.74) is 0. The van der Waals surface area contributed by atoms with Crippen molar-refractivity contribution in [3.8, 4) is 0 Å². The Balaban J connectivity index is 4.05. The molecule has 0 atom stereocenters. The molecule has 0 bridgehead atoms. The Morgan fingerprint density at radius 3 is 1.56 bits per heavy atom. The Hall–Kier alpha value is -0.100. The first-order valence-corrected chi connectivity index (χ1v) is 6.82. The van der Waals surface area contributed by atoms with Crippen molar-refractivity contribution in [2.75, 3.05) is 26.7 Å². The van der Waals surface area contributed by atoms with Crippen molar-refractivity contribution >= 4 is 12.8 Å². The Morgan fingerprint density at radius 2 is 1.56 bits per heavy atom. The van der Waals surface area contributed by atoms with Crippen LogP contribution in [0.5, 0.6) is 0 Å². The molecule has 0 saturated heterocycles. The molecule has 0 radical (unpaired) electrons. The third-order valence-electron chi connectivity index (χ3n) is 0.494. The van der Waals surface area contributed by atoms with E-state index in [0.29, 0.717) is 0 Å². The van der Waals surface area contributed by atoms with E-state index >= 15 is 0 Å². The Morgan fingerprint density at radius 1 is 1.22 bits per heavy atom. The summed E-state index contributed by atoms with van der Waals surface area (Å²) >= 11 is 0. The molecule has 3 heteroatoms. The van der Waals surface area contributed by atoms with Gasteiger partial charge in [0, 0.05) is 0 Å². The van der Waals surface area contributed by atoms with Crippen LogP contribution in [0.3, 0.4) is 0 Å². The topological polar surface area (TPSA) is 26.3 Å². The predicted molar refractivity (Wildman–Crippen MR) is 42.4 cm³/mol. The average Bonchev–Trinajstić information content (AvgIpc) is 1.16. The fourth-order valence-electron chi connectivity index (χ4n) is 0.514. The van der Waals surface area contributed by atoms with Gasteiger partial charge >= 0.3 is 55.7 Å². The first-order chi connectivity index (χ1) is 3.67. The zero-order valence-corrected chi connectivity index (χ0v) is 7.66. The molecule has 0 aliphatic carbocycles. The molecule has 0 amide bonds. The summed E-state index contributed by atoms with van der Waals surface area (Å²) in [4.78, 5) is 10.5. The van der Waals surface area contributed by atoms with E-state index in [1.807, 2.05) is 26.7 Å². The van der Waals surface area contributed by atoms with Crippen molar-refractivity contribution in [2.24, 2.45) is 0 Å². The molecule has 0 aliphatic heterocycles. The maximum absolute atomic E-state index is 10.5. The van der Waals surface area contributed by atoms with Gasteiger partial charge in [0.2, 0.25) is 0 Å². The van der Waals surface area contributed by atoms with E-state index in [9.17, 15) is 4.79 Å². The molecular weight excluding hydrogens is 135 g/mol. The average molecular weight is 150 g/mol. The van der Waals surface area contributed by atoms with E-state index in [-0.39, 0.29) is 5.97 Å². The van der Waals surface area contributed by atoms with E-state index < -0.39 is 6.83 Å². The molecule has 0 N–H and O–H groups in total. The third kappa shape index (κ3) is 7.90. The van der Waals surface area contributed by atoms with Gasteiger partial charge < -0.3 is 0 Å². The van der Waals surface area contributed by atoms with E-state index in [1.165, 1.54) is 6.92 Å². The zero-order valence-electron chi connectivity index (χ0n) is 6.76. The van der Waals surface area contributed by atoms with Crippen molar-refractivity contribution in [2.45, 2.75) is 6.92 Å². The van der Waals surface area contributed by atoms with Crippen LogP contribution in [0.25, 0.3) is 0 Å². The molecule has 0 rings (SSSR count). The van der Waals surface area contributed by atoms with Gasteiger partial charge in [0.05, 0.1) is 0 Å². The summed E-state index contributed by atoms with van der Waals surface area (Å²) in [6.07, 6.45) is 0. The van der Waals surface area contributed by atoms with Crippen LogP contribution in [0, 0.1) is 0 Å². The van der Waals surface area contributed by atoms with Crippen LogP contribution >= 0.6 is 6.83 Å². The SMILES string of the molecule is CC(=O)OP(C)(C)(C)C. The zero-order chi connectivity index (χ0) is 7.73. The van der Waals surface area contributed by atoms with Crippen LogP contribution in [0.4, 0.5) is 0 Å². The fourth-order valence-corrected chi connectivity index (χ4v) is 1.54. The summed E-state index contributed by atoms with van der Waals surface area (Å²) in [7, 11) is 0. The summed E-state index contributed by atoms with van der Waals surface area (Å²) in [5, 5.41) is 0. The van der Waals surface area contributed by atoms with Gasteiger partial charge in [-0.25, -0.2) is 0 Å². The Bertz CT molecular complexity index is 122. The third-order valence-corrected chi connectivity index (χ3v) is 1.48. The van der Waals surface area contributed by atoms with E-state index in [0.717, 1.165) is 0 Å². The van der Waals surface area contributed by atoms with Gasteiger partial charge in [0.15, 0.2) is 0 Å². The number of carbonyl (C=O) groups excluding carboxylic acids is 1. The van der Waals surface area contributed by atoms with Gasteiger partial charge in [0.1, 0.15) is 0 Å². The van der Waals surface area contributed by atoms with Crippen LogP contribution in [-0.2, 0) is 9.32 Å². The second-order valence-corrected chi connectivity index (χ2v) is 11.0. The molecule has 56 valence electrons. The normalized spacial score (nSPS) is 15.9. The summed E-state index contributed by atoms with van der Waals surface area (Å²) in [5.74, 6) is -0.178. The molecule has 2 nitrogen and oxygen atoms in total. The number of hydrogen-bond donors (Lipinski definition) is 0. The molecule has 0 saturated carbocycles. The molecule has 0 aromatic heterocycles. The van der Waals surface area contributed by atoms with Crippen LogP contribution in [-0.4, -0.2) is 32.6 Å². The summed E-state index contributed by atoms with van der Waals surface area (Å²) < 4.78 is 5.12. The standard InChI is InChI=1S/C6H15O2P/c1-6(7)8-9(2,3,4)5/h1-5H3. The summed E-state index contributed by atoms with van der Waals surface area (Å²) in [6.45, 7) is 7.40. The molecule has 0 spiro atoms. The Kier molecular flexibility index (Phi) is 1.93. The molecule has 0 aromatic rings. The fraction of sp³-hybridized carbons (Fsp3) is 0.833. The quantitative estimate of drug-likeness (QED) is 0.530. The minimum absolute atomic E-state index is 0.178. The molecule has 0 heterocycles. The number of hydrogen-bond acceptors (Lipinski definition) is 2. The first kappa shape index (κ1) is 8.90. The molecule has 0 aliphatic rings. The van der Waals surface area contributed by atoms with Gasteiger partial charge in [-0.05, 0) is 0 Å². The van der Waals surface area contributed by atoms with Crippen molar-refractivity contribution < 1.29 is 9.32 Å². The van der Waals surface area contributed by atoms with Crippen molar-refractivity contribution in [3.05, 3.63) is 0 Å². The first-order valence-electron chi connectivity index (χ1n) is 2.88. The van der Waals surface area contributed by atoms with Gasteiger partial charge in [-0.1, -0.05) is 0 Å². The second-order valence-electron chi connectivity index (χ2n) is 4.00. The van der Waals surface area contributed by atoms with Gasteiger partial charge in [-0.3, -0.25) is 0 Å². The second kappa shape index (κ2) is 1.95. The minimum atomic E-state index is -2.02. The maximum atomic E-state index is 10.5. The van der Waals surface area contributed by atoms with Gasteiger partial charge in [0.25, 0.3) is 0 Å². The number of rotatable bonds is 1. The number of carbonyl (C=O) groups is 1. The molecule has 9 heavy (non-hydrogen) atoms. The molecule has 0 aromatic carbocycles. The molecular formula is C6H15O2P. The monoisotopic (exact) mass is 150 g/mol. The van der Waals surface area contributed by atoms with Crippen LogP contribution in [0.15, 0.2) is 0 Å². The Labute approximate surface area is 56.6 Å².